The zero-order valence-electron chi connectivity index (χ0n) is 13.7. The molecule has 1 atom stereocenters. The number of nitrogens with zero attached hydrogens (tertiary/aromatic N) is 1. The fourth-order valence-electron chi connectivity index (χ4n) is 2.56. The van der Waals surface area contributed by atoms with Crippen molar-refractivity contribution in [2.75, 3.05) is 24.4 Å². The maximum atomic E-state index is 12.4. The van der Waals surface area contributed by atoms with Gasteiger partial charge >= 0.3 is 0 Å². The van der Waals surface area contributed by atoms with E-state index in [1.54, 1.807) is 63.5 Å². The summed E-state index contributed by atoms with van der Waals surface area (Å²) in [5.74, 6) is 0.844. The van der Waals surface area contributed by atoms with E-state index in [1.165, 1.54) is 4.90 Å². The Bertz CT molecular complexity index is 803. The Morgan fingerprint density at radius 3 is 2.79 bits per heavy atom. The molecule has 0 saturated carbocycles. The fraction of sp³-hybridized carbons (Fsp3) is 0.222. The normalized spacial score (nSPS) is 16.2. The van der Waals surface area contributed by atoms with Crippen LogP contribution in [0.25, 0.3) is 0 Å². The highest BCUT2D eigenvalue weighted by atomic mass is 16.5. The van der Waals surface area contributed by atoms with E-state index in [0.717, 1.165) is 0 Å². The van der Waals surface area contributed by atoms with E-state index < -0.39 is 6.10 Å². The summed E-state index contributed by atoms with van der Waals surface area (Å²) in [5, 5.41) is 2.82. The zero-order chi connectivity index (χ0) is 17.3. The van der Waals surface area contributed by atoms with Crippen LogP contribution in [-0.2, 0) is 4.79 Å². The van der Waals surface area contributed by atoms with E-state index in [9.17, 15) is 9.59 Å². The van der Waals surface area contributed by atoms with Gasteiger partial charge in [-0.1, -0.05) is 6.07 Å². The SMILES string of the molecule is COc1cccc(C(=O)Nc2ccc3c(c2)N(C)C(=O)C(C)O3)c1. The van der Waals surface area contributed by atoms with E-state index in [1.807, 2.05) is 0 Å². The lowest BCUT2D eigenvalue weighted by molar-refractivity contribution is -0.125. The minimum atomic E-state index is -0.514. The molecule has 124 valence electrons. The minimum absolute atomic E-state index is 0.126. The first-order chi connectivity index (χ1) is 11.5. The maximum Gasteiger partial charge on any atom is 0.267 e. The molecule has 24 heavy (non-hydrogen) atoms. The summed E-state index contributed by atoms with van der Waals surface area (Å²) in [4.78, 5) is 25.9. The number of methoxy groups -OCH3 is 1. The Labute approximate surface area is 140 Å². The fourth-order valence-corrected chi connectivity index (χ4v) is 2.56. The van der Waals surface area contributed by atoms with Crippen LogP contribution in [0, 0.1) is 0 Å². The molecule has 1 unspecified atom stereocenters. The predicted octanol–water partition coefficient (Wildman–Crippen LogP) is 2.69. The van der Waals surface area contributed by atoms with Gasteiger partial charge in [0.2, 0.25) is 0 Å². The molecule has 1 aliphatic rings. The molecular weight excluding hydrogens is 308 g/mol. The van der Waals surface area contributed by atoms with Gasteiger partial charge < -0.3 is 19.7 Å². The number of nitrogens with one attached hydrogen (secondary N) is 1. The molecule has 2 aromatic rings. The standard InChI is InChI=1S/C18H18N2O4/c1-11-18(22)20(2)15-10-13(7-8-16(15)24-11)19-17(21)12-5-4-6-14(9-12)23-3/h4-11H,1-3H3,(H,19,21). The second kappa shape index (κ2) is 6.23. The number of rotatable bonds is 3. The topological polar surface area (TPSA) is 67.9 Å². The third-order valence-electron chi connectivity index (χ3n) is 3.89. The molecule has 6 nitrogen and oxygen atoms in total. The number of carbonyl (C=O) groups is 2. The second-order valence-electron chi connectivity index (χ2n) is 5.53. The number of anilines is 2. The molecule has 6 heteroatoms. The first-order valence-electron chi connectivity index (χ1n) is 7.53. The smallest absolute Gasteiger partial charge is 0.267 e. The summed E-state index contributed by atoms with van der Waals surface area (Å²) in [6.45, 7) is 1.71. The number of amides is 2. The van der Waals surface area contributed by atoms with E-state index in [4.69, 9.17) is 9.47 Å². The number of benzene rings is 2. The van der Waals surface area contributed by atoms with Gasteiger partial charge in [0.15, 0.2) is 6.10 Å². The molecule has 3 rings (SSSR count). The van der Waals surface area contributed by atoms with Crippen LogP contribution in [0.5, 0.6) is 11.5 Å². The predicted molar refractivity (Wildman–Crippen MR) is 90.9 cm³/mol. The van der Waals surface area contributed by atoms with Crippen LogP contribution in [0.1, 0.15) is 17.3 Å². The van der Waals surface area contributed by atoms with Gasteiger partial charge in [0, 0.05) is 18.3 Å². The highest BCUT2D eigenvalue weighted by molar-refractivity contribution is 6.05. The van der Waals surface area contributed by atoms with Crippen molar-refractivity contribution in [2.45, 2.75) is 13.0 Å². The molecule has 0 aromatic heterocycles. The summed E-state index contributed by atoms with van der Waals surface area (Å²) >= 11 is 0. The summed E-state index contributed by atoms with van der Waals surface area (Å²) in [6, 6.07) is 12.1. The molecule has 0 saturated heterocycles. The largest absolute Gasteiger partial charge is 0.497 e. The van der Waals surface area contributed by atoms with Crippen LogP contribution < -0.4 is 19.7 Å². The average Bonchev–Trinajstić information content (AvgIpc) is 2.60. The first-order valence-corrected chi connectivity index (χ1v) is 7.53. The maximum absolute atomic E-state index is 12.4. The lowest BCUT2D eigenvalue weighted by Gasteiger charge is -2.30. The van der Waals surface area contributed by atoms with Crippen molar-refractivity contribution in [3.05, 3.63) is 48.0 Å². The highest BCUT2D eigenvalue weighted by Gasteiger charge is 2.29. The highest BCUT2D eigenvalue weighted by Crippen LogP contribution is 2.35. The van der Waals surface area contributed by atoms with Crippen molar-refractivity contribution in [3.63, 3.8) is 0 Å². The van der Waals surface area contributed by atoms with E-state index in [-0.39, 0.29) is 11.8 Å². The van der Waals surface area contributed by atoms with Gasteiger partial charge in [0.05, 0.1) is 12.8 Å². The molecule has 0 aliphatic carbocycles. The van der Waals surface area contributed by atoms with Gasteiger partial charge in [-0.25, -0.2) is 0 Å². The lowest BCUT2D eigenvalue weighted by atomic mass is 10.1. The monoisotopic (exact) mass is 326 g/mol. The van der Waals surface area contributed by atoms with Crippen molar-refractivity contribution in [3.8, 4) is 11.5 Å². The van der Waals surface area contributed by atoms with Gasteiger partial charge in [-0.15, -0.1) is 0 Å². The van der Waals surface area contributed by atoms with Crippen LogP contribution in [-0.4, -0.2) is 32.1 Å². The van der Waals surface area contributed by atoms with Crippen LogP contribution >= 0.6 is 0 Å². The molecular formula is C18H18N2O4. The van der Waals surface area contributed by atoms with Gasteiger partial charge in [-0.05, 0) is 43.3 Å². The summed E-state index contributed by atoms with van der Waals surface area (Å²) in [7, 11) is 3.24. The van der Waals surface area contributed by atoms with Crippen LogP contribution in [0.15, 0.2) is 42.5 Å². The average molecular weight is 326 g/mol. The Morgan fingerprint density at radius 2 is 2.04 bits per heavy atom. The molecule has 0 spiro atoms. The van der Waals surface area contributed by atoms with Crippen molar-refractivity contribution < 1.29 is 19.1 Å². The summed E-state index contributed by atoms with van der Waals surface area (Å²) < 4.78 is 10.7. The molecule has 2 amide bonds. The van der Waals surface area contributed by atoms with Gasteiger partial charge in [0.25, 0.3) is 11.8 Å². The Kier molecular flexibility index (Phi) is 4.12. The number of fused-ring (bicyclic) bond motifs is 1. The Hall–Kier alpha value is -3.02. The van der Waals surface area contributed by atoms with Gasteiger partial charge in [0.1, 0.15) is 11.5 Å². The molecule has 1 N–H and O–H groups in total. The summed E-state index contributed by atoms with van der Waals surface area (Å²) in [6.07, 6.45) is -0.514. The number of likely N-dealkylation sites (N-methyl/N-ethyl adjacent to an activating group) is 1. The van der Waals surface area contributed by atoms with Gasteiger partial charge in [-0.2, -0.15) is 0 Å². The molecule has 1 aliphatic heterocycles. The molecule has 0 radical (unpaired) electrons. The molecule has 0 bridgehead atoms. The van der Waals surface area contributed by atoms with E-state index >= 15 is 0 Å². The van der Waals surface area contributed by atoms with Crippen LogP contribution in [0.4, 0.5) is 11.4 Å². The van der Waals surface area contributed by atoms with Crippen LogP contribution in [0.2, 0.25) is 0 Å². The summed E-state index contributed by atoms with van der Waals surface area (Å²) in [5.41, 5.74) is 1.70. The van der Waals surface area contributed by atoms with Crippen molar-refractivity contribution >= 4 is 23.2 Å². The zero-order valence-corrected chi connectivity index (χ0v) is 13.7. The number of carbonyl (C=O) groups excluding carboxylic acids is 2. The molecule has 2 aromatic carbocycles. The second-order valence-corrected chi connectivity index (χ2v) is 5.53. The number of hydrogen-bond acceptors (Lipinski definition) is 4. The first kappa shape index (κ1) is 15.9. The van der Waals surface area contributed by atoms with E-state index in [2.05, 4.69) is 5.32 Å². The quantitative estimate of drug-likeness (QED) is 0.941. The molecule has 1 heterocycles. The Morgan fingerprint density at radius 1 is 1.25 bits per heavy atom. The van der Waals surface area contributed by atoms with Crippen molar-refractivity contribution in [2.24, 2.45) is 0 Å². The van der Waals surface area contributed by atoms with Crippen molar-refractivity contribution in [1.29, 1.82) is 0 Å². The van der Waals surface area contributed by atoms with Gasteiger partial charge in [-0.3, -0.25) is 9.59 Å². The van der Waals surface area contributed by atoms with E-state index in [0.29, 0.717) is 28.4 Å². The Balaban J connectivity index is 1.84. The number of ether oxygens (including phenoxy) is 2. The third kappa shape index (κ3) is 2.90. The minimum Gasteiger partial charge on any atom is -0.497 e. The van der Waals surface area contributed by atoms with Crippen molar-refractivity contribution in [1.82, 2.24) is 0 Å². The molecule has 0 fully saturated rings. The lowest BCUT2D eigenvalue weighted by Crippen LogP contribution is -2.41. The number of hydrogen-bond donors (Lipinski definition) is 1. The third-order valence-corrected chi connectivity index (χ3v) is 3.89. The van der Waals surface area contributed by atoms with Crippen LogP contribution in [0.3, 0.4) is 0 Å².